The summed E-state index contributed by atoms with van der Waals surface area (Å²) in [5.41, 5.74) is 2.00. The quantitative estimate of drug-likeness (QED) is 0.278. The van der Waals surface area contributed by atoms with Crippen LogP contribution in [0.3, 0.4) is 0 Å². The van der Waals surface area contributed by atoms with Crippen LogP contribution < -0.4 is 11.3 Å². The number of H-pyrrole nitrogens is 1. The Balaban J connectivity index is 2.48. The Hall–Kier alpha value is -1.36. The van der Waals surface area contributed by atoms with Crippen LogP contribution in [0.4, 0.5) is 0 Å². The lowest BCUT2D eigenvalue weighted by Crippen LogP contribution is -2.31. The van der Waals surface area contributed by atoms with Gasteiger partial charge < -0.3 is 4.98 Å². The minimum atomic E-state index is -0.255. The zero-order valence-corrected chi connectivity index (χ0v) is 5.29. The van der Waals surface area contributed by atoms with Crippen molar-refractivity contribution >= 4 is 5.91 Å². The van der Waals surface area contributed by atoms with E-state index in [4.69, 9.17) is 5.84 Å². The monoisotopic (exact) mass is 140 g/mol. The Labute approximate surface area is 57.6 Å². The summed E-state index contributed by atoms with van der Waals surface area (Å²) in [6.07, 6.45) is 3.43. The Kier molecular flexibility index (Phi) is 2.01. The highest BCUT2D eigenvalue weighted by molar-refractivity contribution is 5.76. The van der Waals surface area contributed by atoms with Gasteiger partial charge >= 0.3 is 0 Å². The molecular weight excluding hydrogens is 132 g/mol. The number of nitrogens with one attached hydrogen (secondary N) is 2. The topological polar surface area (TPSA) is 83.8 Å². The molecule has 1 aromatic rings. The van der Waals surface area contributed by atoms with Crippen molar-refractivity contribution in [2.24, 2.45) is 5.84 Å². The van der Waals surface area contributed by atoms with E-state index in [1.165, 1.54) is 0 Å². The third-order valence-electron chi connectivity index (χ3n) is 1.04. The number of aromatic amines is 1. The first-order chi connectivity index (χ1) is 4.83. The fourth-order valence-electron chi connectivity index (χ4n) is 0.598. The fraction of sp³-hybridized carbons (Fsp3) is 0.200. The molecular formula is C5H8N4O. The molecule has 10 heavy (non-hydrogen) atoms. The number of imidazole rings is 1. The SMILES string of the molecule is NNC(=O)Cc1ncc[nH]1. The largest absolute Gasteiger partial charge is 0.348 e. The minimum absolute atomic E-state index is 0.198. The summed E-state index contributed by atoms with van der Waals surface area (Å²) < 4.78 is 0. The van der Waals surface area contributed by atoms with E-state index in [-0.39, 0.29) is 12.3 Å². The number of rotatable bonds is 2. The van der Waals surface area contributed by atoms with Gasteiger partial charge in [-0.1, -0.05) is 0 Å². The molecule has 1 aromatic heterocycles. The third kappa shape index (κ3) is 1.56. The van der Waals surface area contributed by atoms with Crippen molar-refractivity contribution in [2.75, 3.05) is 0 Å². The van der Waals surface area contributed by atoms with Gasteiger partial charge in [-0.05, 0) is 0 Å². The van der Waals surface area contributed by atoms with Gasteiger partial charge in [0.1, 0.15) is 5.82 Å². The number of hydrogen-bond acceptors (Lipinski definition) is 3. The van der Waals surface area contributed by atoms with Crippen LogP contribution in [0.25, 0.3) is 0 Å². The van der Waals surface area contributed by atoms with Crippen molar-refractivity contribution in [3.8, 4) is 0 Å². The van der Waals surface area contributed by atoms with Crippen LogP contribution in [0, 0.1) is 0 Å². The molecule has 4 N–H and O–H groups in total. The van der Waals surface area contributed by atoms with Gasteiger partial charge in [0, 0.05) is 12.4 Å². The summed E-state index contributed by atoms with van der Waals surface area (Å²) in [5, 5.41) is 0. The van der Waals surface area contributed by atoms with Gasteiger partial charge in [-0.2, -0.15) is 0 Å². The Bertz CT molecular complexity index is 205. The van der Waals surface area contributed by atoms with Crippen LogP contribution in [0.5, 0.6) is 0 Å². The maximum absolute atomic E-state index is 10.6. The van der Waals surface area contributed by atoms with Gasteiger partial charge in [0.15, 0.2) is 0 Å². The van der Waals surface area contributed by atoms with Crippen molar-refractivity contribution < 1.29 is 4.79 Å². The van der Waals surface area contributed by atoms with E-state index in [1.807, 2.05) is 5.43 Å². The number of nitrogens with two attached hydrogens (primary N) is 1. The van der Waals surface area contributed by atoms with Crippen molar-refractivity contribution in [1.29, 1.82) is 0 Å². The van der Waals surface area contributed by atoms with Gasteiger partial charge in [0.05, 0.1) is 6.42 Å². The number of carbonyl (C=O) groups is 1. The second kappa shape index (κ2) is 2.98. The molecule has 1 heterocycles. The molecule has 0 unspecified atom stereocenters. The molecule has 0 aliphatic rings. The molecule has 0 fully saturated rings. The number of amides is 1. The van der Waals surface area contributed by atoms with Gasteiger partial charge in [0.25, 0.3) is 0 Å². The summed E-state index contributed by atoms with van der Waals surface area (Å²) in [6.45, 7) is 0. The van der Waals surface area contributed by atoms with E-state index in [2.05, 4.69) is 9.97 Å². The second-order valence-electron chi connectivity index (χ2n) is 1.78. The Morgan fingerprint density at radius 2 is 2.70 bits per heavy atom. The molecule has 1 rings (SSSR count). The van der Waals surface area contributed by atoms with Gasteiger partial charge in [-0.15, -0.1) is 0 Å². The first-order valence-electron chi connectivity index (χ1n) is 2.80. The molecule has 0 bridgehead atoms. The van der Waals surface area contributed by atoms with Crippen molar-refractivity contribution in [2.45, 2.75) is 6.42 Å². The lowest BCUT2D eigenvalue weighted by atomic mass is 10.4. The smallest absolute Gasteiger partial charge is 0.241 e. The normalized spacial score (nSPS) is 9.30. The van der Waals surface area contributed by atoms with E-state index >= 15 is 0 Å². The number of hydrogen-bond donors (Lipinski definition) is 3. The molecule has 1 amide bonds. The molecule has 54 valence electrons. The average molecular weight is 140 g/mol. The molecule has 5 nitrogen and oxygen atoms in total. The first kappa shape index (κ1) is 6.76. The minimum Gasteiger partial charge on any atom is -0.348 e. The van der Waals surface area contributed by atoms with Gasteiger partial charge in [-0.3, -0.25) is 10.2 Å². The van der Waals surface area contributed by atoms with Crippen LogP contribution in [-0.4, -0.2) is 15.9 Å². The predicted octanol–water partition coefficient (Wildman–Crippen LogP) is -1.06. The van der Waals surface area contributed by atoms with Crippen LogP contribution >= 0.6 is 0 Å². The van der Waals surface area contributed by atoms with Crippen molar-refractivity contribution in [1.82, 2.24) is 15.4 Å². The summed E-state index contributed by atoms with van der Waals surface area (Å²) in [6, 6.07) is 0. The highest BCUT2D eigenvalue weighted by Crippen LogP contribution is 1.87. The number of hydrazine groups is 1. The van der Waals surface area contributed by atoms with Crippen LogP contribution in [0.1, 0.15) is 5.82 Å². The zero-order chi connectivity index (χ0) is 7.40. The lowest BCUT2D eigenvalue weighted by Gasteiger charge is -1.93. The summed E-state index contributed by atoms with van der Waals surface area (Å²) in [5.74, 6) is 5.21. The summed E-state index contributed by atoms with van der Waals surface area (Å²) in [7, 11) is 0. The third-order valence-corrected chi connectivity index (χ3v) is 1.04. The zero-order valence-electron chi connectivity index (χ0n) is 5.29. The molecule has 0 saturated heterocycles. The highest BCUT2D eigenvalue weighted by Gasteiger charge is 2.00. The molecule has 0 radical (unpaired) electrons. The van der Waals surface area contributed by atoms with E-state index in [0.717, 1.165) is 0 Å². The summed E-state index contributed by atoms with van der Waals surface area (Å²) in [4.78, 5) is 17.2. The molecule has 0 aliphatic carbocycles. The molecule has 0 saturated carbocycles. The highest BCUT2D eigenvalue weighted by atomic mass is 16.2. The average Bonchev–Trinajstić information content (AvgIpc) is 2.40. The molecule has 5 heteroatoms. The van der Waals surface area contributed by atoms with E-state index in [0.29, 0.717) is 5.82 Å². The standard InChI is InChI=1S/C5H8N4O/c6-9-5(10)3-4-7-1-2-8-4/h1-2H,3,6H2,(H,7,8)(H,9,10). The Morgan fingerprint density at radius 1 is 1.90 bits per heavy atom. The first-order valence-corrected chi connectivity index (χ1v) is 2.80. The van der Waals surface area contributed by atoms with Crippen LogP contribution in [-0.2, 0) is 11.2 Å². The van der Waals surface area contributed by atoms with E-state index in [9.17, 15) is 4.79 Å². The Morgan fingerprint density at radius 3 is 3.20 bits per heavy atom. The molecule has 0 spiro atoms. The van der Waals surface area contributed by atoms with Crippen molar-refractivity contribution in [3.63, 3.8) is 0 Å². The summed E-state index contributed by atoms with van der Waals surface area (Å²) >= 11 is 0. The van der Waals surface area contributed by atoms with Gasteiger partial charge in [0.2, 0.25) is 5.91 Å². The van der Waals surface area contributed by atoms with E-state index in [1.54, 1.807) is 12.4 Å². The number of carbonyl (C=O) groups excluding carboxylic acids is 1. The molecule has 0 aliphatic heterocycles. The van der Waals surface area contributed by atoms with Gasteiger partial charge in [-0.25, -0.2) is 10.8 Å². The number of aromatic nitrogens is 2. The molecule has 0 atom stereocenters. The fourth-order valence-corrected chi connectivity index (χ4v) is 0.598. The predicted molar refractivity (Wildman–Crippen MR) is 34.6 cm³/mol. The van der Waals surface area contributed by atoms with Crippen molar-refractivity contribution in [3.05, 3.63) is 18.2 Å². The van der Waals surface area contributed by atoms with E-state index < -0.39 is 0 Å². The second-order valence-corrected chi connectivity index (χ2v) is 1.78. The molecule has 0 aromatic carbocycles. The lowest BCUT2D eigenvalue weighted by molar-refractivity contribution is -0.120. The maximum atomic E-state index is 10.6. The number of nitrogens with zero attached hydrogens (tertiary/aromatic N) is 1. The maximum Gasteiger partial charge on any atom is 0.241 e. The van der Waals surface area contributed by atoms with Crippen LogP contribution in [0.15, 0.2) is 12.4 Å². The van der Waals surface area contributed by atoms with Crippen LogP contribution in [0.2, 0.25) is 0 Å².